The molecule has 2 aliphatic carbocycles. The molecule has 1 unspecified atom stereocenters. The van der Waals surface area contributed by atoms with Crippen molar-refractivity contribution in [3.05, 3.63) is 0 Å². The molecule has 2 rings (SSSR count). The Balaban J connectivity index is 1.77. The van der Waals surface area contributed by atoms with Gasteiger partial charge in [0.2, 0.25) is 0 Å². The molecule has 78 valence electrons. The van der Waals surface area contributed by atoms with Crippen LogP contribution in [0, 0.1) is 29.6 Å². The van der Waals surface area contributed by atoms with Crippen molar-refractivity contribution in [3.63, 3.8) is 0 Å². The van der Waals surface area contributed by atoms with Crippen molar-refractivity contribution in [3.8, 4) is 11.8 Å². The smallest absolute Gasteiger partial charge is 0.0519 e. The number of rotatable bonds is 3. The van der Waals surface area contributed by atoms with Gasteiger partial charge in [0.25, 0.3) is 0 Å². The van der Waals surface area contributed by atoms with Crippen LogP contribution in [0.25, 0.3) is 0 Å². The molecule has 1 heteroatoms. The highest BCUT2D eigenvalue weighted by Crippen LogP contribution is 2.52. The van der Waals surface area contributed by atoms with Crippen LogP contribution in [0.1, 0.15) is 39.5 Å². The maximum absolute atomic E-state index is 5.70. The minimum absolute atomic E-state index is 0.387. The lowest BCUT2D eigenvalue weighted by molar-refractivity contribution is 0.0656. The van der Waals surface area contributed by atoms with Gasteiger partial charge in [-0.3, -0.25) is 0 Å². The molecule has 14 heavy (non-hydrogen) atoms. The summed E-state index contributed by atoms with van der Waals surface area (Å²) in [4.78, 5) is 0. The van der Waals surface area contributed by atoms with E-state index in [0.717, 1.165) is 37.2 Å². The predicted molar refractivity (Wildman–Crippen MR) is 57.8 cm³/mol. The Kier molecular flexibility index (Phi) is 3.13. The average molecular weight is 192 g/mol. The third kappa shape index (κ3) is 2.30. The van der Waals surface area contributed by atoms with E-state index in [1.807, 2.05) is 0 Å². The lowest BCUT2D eigenvalue weighted by atomic mass is 10.1. The Morgan fingerprint density at radius 1 is 1.14 bits per heavy atom. The Hall–Kier alpha value is -0.480. The van der Waals surface area contributed by atoms with E-state index in [4.69, 9.17) is 4.74 Å². The molecular formula is C13H20O. The second kappa shape index (κ2) is 4.36. The largest absolute Gasteiger partial charge is 0.378 e. The van der Waals surface area contributed by atoms with Gasteiger partial charge in [0.15, 0.2) is 0 Å². The molecule has 0 radical (unpaired) electrons. The molecule has 0 aromatic rings. The highest BCUT2D eigenvalue weighted by atomic mass is 16.5. The molecule has 0 saturated heterocycles. The number of fused-ring (bicyclic) bond motifs is 1. The Bertz CT molecular complexity index is 228. The molecule has 0 heterocycles. The maximum Gasteiger partial charge on any atom is 0.0519 e. The quantitative estimate of drug-likeness (QED) is 0.625. The summed E-state index contributed by atoms with van der Waals surface area (Å²) in [7, 11) is 0. The van der Waals surface area contributed by atoms with E-state index < -0.39 is 0 Å². The van der Waals surface area contributed by atoms with E-state index >= 15 is 0 Å². The van der Waals surface area contributed by atoms with Crippen LogP contribution in [-0.2, 0) is 4.74 Å². The van der Waals surface area contributed by atoms with Crippen molar-refractivity contribution in [1.29, 1.82) is 0 Å². The van der Waals surface area contributed by atoms with Crippen molar-refractivity contribution >= 4 is 0 Å². The second-order valence-electron chi connectivity index (χ2n) is 4.80. The first-order chi connectivity index (χ1) is 6.79. The van der Waals surface area contributed by atoms with Gasteiger partial charge < -0.3 is 4.74 Å². The highest BCUT2D eigenvalue weighted by molar-refractivity contribution is 5.07. The molecule has 0 aromatic heterocycles. The zero-order valence-corrected chi connectivity index (χ0v) is 9.25. The monoisotopic (exact) mass is 192 g/mol. The van der Waals surface area contributed by atoms with Gasteiger partial charge in [0.1, 0.15) is 0 Å². The van der Waals surface area contributed by atoms with Crippen molar-refractivity contribution in [2.24, 2.45) is 17.8 Å². The minimum atomic E-state index is 0.387. The standard InChI is InChI=1S/C13H20O/c1-10(2)14-9-13-11-7-5-3-4-6-8-12(11)13/h10-13H,5-9H2,1-2H3/t11-,12+,13?. The van der Waals surface area contributed by atoms with Crippen LogP contribution < -0.4 is 0 Å². The van der Waals surface area contributed by atoms with Gasteiger partial charge in [0.05, 0.1) is 12.7 Å². The van der Waals surface area contributed by atoms with Crippen LogP contribution in [0.5, 0.6) is 0 Å². The first-order valence-electron chi connectivity index (χ1n) is 5.86. The molecular weight excluding hydrogens is 172 g/mol. The van der Waals surface area contributed by atoms with Gasteiger partial charge >= 0.3 is 0 Å². The predicted octanol–water partition coefficient (Wildman–Crippen LogP) is 2.85. The van der Waals surface area contributed by atoms with Gasteiger partial charge in [-0.2, -0.15) is 0 Å². The summed E-state index contributed by atoms with van der Waals surface area (Å²) in [6.45, 7) is 5.22. The normalized spacial score (nSPS) is 35.2. The van der Waals surface area contributed by atoms with Crippen molar-refractivity contribution in [2.45, 2.75) is 45.6 Å². The third-order valence-corrected chi connectivity index (χ3v) is 3.46. The summed E-state index contributed by atoms with van der Waals surface area (Å²) in [6, 6.07) is 0. The molecule has 1 fully saturated rings. The van der Waals surface area contributed by atoms with Crippen LogP contribution in [0.4, 0.5) is 0 Å². The first kappa shape index (κ1) is 10.1. The fraction of sp³-hybridized carbons (Fsp3) is 0.846. The molecule has 1 saturated carbocycles. The van der Waals surface area contributed by atoms with Gasteiger partial charge in [-0.15, -0.1) is 11.8 Å². The maximum atomic E-state index is 5.70. The average Bonchev–Trinajstić information content (AvgIpc) is 2.72. The number of hydrogen-bond donors (Lipinski definition) is 0. The van der Waals surface area contributed by atoms with Crippen LogP contribution in [-0.4, -0.2) is 12.7 Å². The van der Waals surface area contributed by atoms with Gasteiger partial charge in [-0.1, -0.05) is 0 Å². The van der Waals surface area contributed by atoms with Crippen molar-refractivity contribution in [1.82, 2.24) is 0 Å². The molecule has 2 aliphatic rings. The molecule has 0 N–H and O–H groups in total. The van der Waals surface area contributed by atoms with Gasteiger partial charge in [-0.05, 0) is 44.4 Å². The summed E-state index contributed by atoms with van der Waals surface area (Å²) >= 11 is 0. The summed E-state index contributed by atoms with van der Waals surface area (Å²) in [6.07, 6.45) is 5.23. The van der Waals surface area contributed by atoms with E-state index in [9.17, 15) is 0 Å². The van der Waals surface area contributed by atoms with Crippen molar-refractivity contribution in [2.75, 3.05) is 6.61 Å². The fourth-order valence-electron chi connectivity index (χ4n) is 2.59. The van der Waals surface area contributed by atoms with E-state index in [1.165, 1.54) is 12.8 Å². The molecule has 0 amide bonds. The summed E-state index contributed by atoms with van der Waals surface area (Å²) in [5, 5.41) is 0. The van der Waals surface area contributed by atoms with Crippen LogP contribution in [0.3, 0.4) is 0 Å². The molecule has 0 aliphatic heterocycles. The van der Waals surface area contributed by atoms with Gasteiger partial charge in [0, 0.05) is 12.8 Å². The molecule has 0 aromatic carbocycles. The molecule has 1 nitrogen and oxygen atoms in total. The lowest BCUT2D eigenvalue weighted by Crippen LogP contribution is -2.06. The van der Waals surface area contributed by atoms with Crippen LogP contribution >= 0.6 is 0 Å². The fourth-order valence-corrected chi connectivity index (χ4v) is 2.59. The highest BCUT2D eigenvalue weighted by Gasteiger charge is 2.48. The van der Waals surface area contributed by atoms with E-state index in [2.05, 4.69) is 25.7 Å². The van der Waals surface area contributed by atoms with E-state index in [1.54, 1.807) is 0 Å². The van der Waals surface area contributed by atoms with Crippen LogP contribution in [0.2, 0.25) is 0 Å². The van der Waals surface area contributed by atoms with Crippen molar-refractivity contribution < 1.29 is 4.74 Å². The zero-order valence-electron chi connectivity index (χ0n) is 9.25. The Morgan fingerprint density at radius 2 is 1.71 bits per heavy atom. The summed E-state index contributed by atoms with van der Waals surface area (Å²) < 4.78 is 5.70. The summed E-state index contributed by atoms with van der Waals surface area (Å²) in [5.41, 5.74) is 0. The van der Waals surface area contributed by atoms with Gasteiger partial charge in [-0.25, -0.2) is 0 Å². The zero-order chi connectivity index (χ0) is 9.97. The molecule has 3 atom stereocenters. The first-order valence-corrected chi connectivity index (χ1v) is 5.86. The number of hydrogen-bond acceptors (Lipinski definition) is 1. The second-order valence-corrected chi connectivity index (χ2v) is 4.80. The van der Waals surface area contributed by atoms with Crippen LogP contribution in [0.15, 0.2) is 0 Å². The summed E-state index contributed by atoms with van der Waals surface area (Å²) in [5.74, 6) is 9.19. The molecule has 0 spiro atoms. The lowest BCUT2D eigenvalue weighted by Gasteiger charge is -2.06. The topological polar surface area (TPSA) is 9.23 Å². The SMILES string of the molecule is CC(C)OCC1[C@H]2CCC#CCC[C@@H]12. The van der Waals surface area contributed by atoms with E-state index in [-0.39, 0.29) is 0 Å². The Morgan fingerprint density at radius 3 is 2.21 bits per heavy atom. The van der Waals surface area contributed by atoms with E-state index in [0.29, 0.717) is 6.10 Å². The Labute approximate surface area is 87.2 Å². The minimum Gasteiger partial charge on any atom is -0.378 e. The third-order valence-electron chi connectivity index (χ3n) is 3.46. The number of ether oxygens (including phenoxy) is 1. The molecule has 0 bridgehead atoms.